The molecule has 4 rings (SSSR count). The normalized spacial score (nSPS) is 16.0. The lowest BCUT2D eigenvalue weighted by Gasteiger charge is -2.33. The number of piperidine rings is 1. The first-order valence-corrected chi connectivity index (χ1v) is 11.8. The van der Waals surface area contributed by atoms with Crippen LogP contribution in [0.25, 0.3) is 5.69 Å². The van der Waals surface area contributed by atoms with E-state index in [1.807, 2.05) is 19.1 Å². The van der Waals surface area contributed by atoms with E-state index < -0.39 is 0 Å². The van der Waals surface area contributed by atoms with Gasteiger partial charge in [-0.05, 0) is 61.1 Å². The van der Waals surface area contributed by atoms with Gasteiger partial charge in [0.25, 0.3) is 5.56 Å². The molecule has 2 heterocycles. The zero-order chi connectivity index (χ0) is 23.4. The average Bonchev–Trinajstić information content (AvgIpc) is 2.85. The number of benzene rings is 2. The monoisotopic (exact) mass is 464 g/mol. The average molecular weight is 465 g/mol. The van der Waals surface area contributed by atoms with Gasteiger partial charge in [-0.1, -0.05) is 48.9 Å². The molecule has 0 radical (unpaired) electrons. The minimum atomic E-state index is -0.223. The molecule has 0 bridgehead atoms. The number of rotatable bonds is 6. The highest BCUT2D eigenvalue weighted by molar-refractivity contribution is 6.31. The summed E-state index contributed by atoms with van der Waals surface area (Å²) >= 11 is 6.25. The lowest BCUT2D eigenvalue weighted by molar-refractivity contribution is -0.125. The molecule has 2 aromatic carbocycles. The maximum Gasteiger partial charge on any atom is 0.271 e. The Morgan fingerprint density at radius 2 is 1.88 bits per heavy atom. The number of carbonyl (C=O) groups excluding carboxylic acids is 1. The van der Waals surface area contributed by atoms with Gasteiger partial charge in [-0.25, -0.2) is 0 Å². The summed E-state index contributed by atoms with van der Waals surface area (Å²) in [7, 11) is 0. The van der Waals surface area contributed by atoms with Crippen molar-refractivity contribution in [2.45, 2.75) is 39.7 Å². The van der Waals surface area contributed by atoms with Crippen molar-refractivity contribution < 1.29 is 4.79 Å². The maximum atomic E-state index is 12.9. The van der Waals surface area contributed by atoms with E-state index in [1.54, 1.807) is 12.1 Å². The van der Waals surface area contributed by atoms with Crippen molar-refractivity contribution in [2.24, 2.45) is 5.92 Å². The predicted octanol–water partition coefficient (Wildman–Crippen LogP) is 4.29. The Labute approximate surface area is 199 Å². The molecule has 1 fully saturated rings. The molecule has 0 aliphatic carbocycles. The number of hydrogen-bond donors (Lipinski definition) is 1. The first kappa shape index (κ1) is 23.1. The fraction of sp³-hybridized carbons (Fsp3) is 0.346. The van der Waals surface area contributed by atoms with E-state index in [1.165, 1.54) is 16.3 Å². The highest BCUT2D eigenvalue weighted by atomic mass is 35.5. The zero-order valence-corrected chi connectivity index (χ0v) is 19.8. The van der Waals surface area contributed by atoms with Crippen LogP contribution in [0.5, 0.6) is 0 Å². The molecule has 0 unspecified atom stereocenters. The smallest absolute Gasteiger partial charge is 0.271 e. The molecule has 1 aromatic heterocycles. The summed E-state index contributed by atoms with van der Waals surface area (Å²) in [4.78, 5) is 27.4. The van der Waals surface area contributed by atoms with Crippen LogP contribution in [-0.4, -0.2) is 28.8 Å². The van der Waals surface area contributed by atoms with Crippen LogP contribution >= 0.6 is 11.6 Å². The Morgan fingerprint density at radius 3 is 2.61 bits per heavy atom. The third-order valence-electron chi connectivity index (χ3n) is 6.20. The van der Waals surface area contributed by atoms with Crippen molar-refractivity contribution in [2.75, 3.05) is 18.0 Å². The van der Waals surface area contributed by atoms with E-state index in [-0.39, 0.29) is 17.4 Å². The van der Waals surface area contributed by atoms with Crippen LogP contribution < -0.4 is 15.8 Å². The second-order valence-electron chi connectivity index (χ2n) is 8.55. The summed E-state index contributed by atoms with van der Waals surface area (Å²) in [5.74, 6) is 0.613. The second-order valence-corrected chi connectivity index (χ2v) is 8.96. The van der Waals surface area contributed by atoms with Crippen LogP contribution in [0.1, 0.15) is 36.5 Å². The van der Waals surface area contributed by atoms with E-state index in [2.05, 4.69) is 46.5 Å². The first-order chi connectivity index (χ1) is 15.9. The van der Waals surface area contributed by atoms with Gasteiger partial charge in [-0.15, -0.1) is 5.10 Å². The molecule has 1 N–H and O–H groups in total. The fourth-order valence-corrected chi connectivity index (χ4v) is 4.27. The number of nitrogens with zero attached hydrogens (tertiary/aromatic N) is 3. The summed E-state index contributed by atoms with van der Waals surface area (Å²) in [6.07, 6.45) is 2.73. The Kier molecular flexibility index (Phi) is 7.14. The lowest BCUT2D eigenvalue weighted by Crippen LogP contribution is -2.43. The Hall–Kier alpha value is -3.12. The maximum absolute atomic E-state index is 12.9. The molecule has 172 valence electrons. The molecule has 0 spiro atoms. The number of amides is 1. The van der Waals surface area contributed by atoms with Crippen LogP contribution in [0.3, 0.4) is 0 Å². The number of aryl methyl sites for hydroxylation is 2. The molecular weight excluding hydrogens is 436 g/mol. The third-order valence-corrected chi connectivity index (χ3v) is 6.61. The minimum absolute atomic E-state index is 0.0536. The van der Waals surface area contributed by atoms with Gasteiger partial charge in [-0.2, -0.15) is 4.68 Å². The zero-order valence-electron chi connectivity index (χ0n) is 19.1. The predicted molar refractivity (Wildman–Crippen MR) is 132 cm³/mol. The molecule has 1 aliphatic heterocycles. The summed E-state index contributed by atoms with van der Waals surface area (Å²) in [5.41, 5.74) is 3.72. The number of nitrogens with one attached hydrogen (secondary N) is 1. The van der Waals surface area contributed by atoms with E-state index in [0.29, 0.717) is 29.6 Å². The largest absolute Gasteiger partial charge is 0.354 e. The van der Waals surface area contributed by atoms with Gasteiger partial charge in [0.2, 0.25) is 5.91 Å². The molecule has 1 saturated heterocycles. The fourth-order valence-electron chi connectivity index (χ4n) is 4.09. The number of halogens is 1. The minimum Gasteiger partial charge on any atom is -0.354 e. The van der Waals surface area contributed by atoms with Crippen molar-refractivity contribution in [3.8, 4) is 5.69 Å². The first-order valence-electron chi connectivity index (χ1n) is 11.4. The summed E-state index contributed by atoms with van der Waals surface area (Å²) in [6.45, 7) is 5.93. The molecule has 3 aromatic rings. The van der Waals surface area contributed by atoms with Gasteiger partial charge < -0.3 is 10.2 Å². The van der Waals surface area contributed by atoms with E-state index >= 15 is 0 Å². The molecule has 33 heavy (non-hydrogen) atoms. The van der Waals surface area contributed by atoms with Crippen molar-refractivity contribution in [1.29, 1.82) is 0 Å². The molecule has 6 nitrogen and oxygen atoms in total. The SMILES string of the molecule is CCc1ccc(CNC(=O)[C@@H]2CCCN(c3ccc(=O)n(-c4ccc(C)c(Cl)c4)n3)C2)cc1. The lowest BCUT2D eigenvalue weighted by atomic mass is 9.97. The Bertz CT molecular complexity index is 1190. The summed E-state index contributed by atoms with van der Waals surface area (Å²) < 4.78 is 1.37. The van der Waals surface area contributed by atoms with Crippen LogP contribution in [0.2, 0.25) is 5.02 Å². The highest BCUT2D eigenvalue weighted by Crippen LogP contribution is 2.23. The number of anilines is 1. The van der Waals surface area contributed by atoms with Gasteiger partial charge in [0.15, 0.2) is 0 Å². The van der Waals surface area contributed by atoms with Crippen LogP contribution in [0.4, 0.5) is 5.82 Å². The topological polar surface area (TPSA) is 67.2 Å². The van der Waals surface area contributed by atoms with Crippen LogP contribution in [0.15, 0.2) is 59.4 Å². The van der Waals surface area contributed by atoms with E-state index in [9.17, 15) is 9.59 Å². The Balaban J connectivity index is 1.44. The van der Waals surface area contributed by atoms with Crippen molar-refractivity contribution >= 4 is 23.3 Å². The van der Waals surface area contributed by atoms with Gasteiger partial charge in [-0.3, -0.25) is 9.59 Å². The quantitative estimate of drug-likeness (QED) is 0.591. The van der Waals surface area contributed by atoms with Gasteiger partial charge in [0, 0.05) is 30.7 Å². The molecule has 1 amide bonds. The van der Waals surface area contributed by atoms with Gasteiger partial charge in [0.05, 0.1) is 11.6 Å². The van der Waals surface area contributed by atoms with Crippen LogP contribution in [0, 0.1) is 12.8 Å². The number of carbonyl (C=O) groups is 1. The summed E-state index contributed by atoms with van der Waals surface area (Å²) in [5, 5.41) is 8.25. The second kappa shape index (κ2) is 10.2. The van der Waals surface area contributed by atoms with Crippen LogP contribution in [-0.2, 0) is 17.8 Å². The molecule has 7 heteroatoms. The van der Waals surface area contributed by atoms with Gasteiger partial charge in [0.1, 0.15) is 5.82 Å². The molecule has 1 aliphatic rings. The van der Waals surface area contributed by atoms with E-state index in [0.717, 1.165) is 36.9 Å². The molecule has 1 atom stereocenters. The number of hydrogen-bond acceptors (Lipinski definition) is 4. The Morgan fingerprint density at radius 1 is 1.12 bits per heavy atom. The van der Waals surface area contributed by atoms with Crippen molar-refractivity contribution in [1.82, 2.24) is 15.1 Å². The highest BCUT2D eigenvalue weighted by Gasteiger charge is 2.27. The number of aromatic nitrogens is 2. The standard InChI is InChI=1S/C26H29ClN4O2/c1-3-19-7-9-20(10-8-19)16-28-26(33)21-5-4-14-30(17-21)24-12-13-25(32)31(29-24)22-11-6-18(2)23(27)15-22/h6-13,15,21H,3-5,14,16-17H2,1-2H3,(H,28,33)/t21-/m1/s1. The van der Waals surface area contributed by atoms with Gasteiger partial charge >= 0.3 is 0 Å². The van der Waals surface area contributed by atoms with Crippen molar-refractivity contribution in [3.63, 3.8) is 0 Å². The van der Waals surface area contributed by atoms with Crippen molar-refractivity contribution in [3.05, 3.63) is 86.7 Å². The molecular formula is C26H29ClN4O2. The third kappa shape index (κ3) is 5.45. The molecule has 0 saturated carbocycles. The summed E-state index contributed by atoms with van der Waals surface area (Å²) in [6, 6.07) is 17.0. The van der Waals surface area contributed by atoms with E-state index in [4.69, 9.17) is 11.6 Å².